The molecule has 6 nitrogen and oxygen atoms in total. The maximum Gasteiger partial charge on any atom is 0.337 e. The first-order valence-electron chi connectivity index (χ1n) is 5.56. The van der Waals surface area contributed by atoms with Gasteiger partial charge in [0.1, 0.15) is 0 Å². The lowest BCUT2D eigenvalue weighted by Crippen LogP contribution is -2.17. The van der Waals surface area contributed by atoms with E-state index in [9.17, 15) is 14.7 Å². The Bertz CT molecular complexity index is 832. The van der Waals surface area contributed by atoms with Crippen molar-refractivity contribution in [1.29, 1.82) is 0 Å². The maximum absolute atomic E-state index is 12.0. The van der Waals surface area contributed by atoms with Crippen molar-refractivity contribution < 1.29 is 9.90 Å². The topological polar surface area (TPSA) is 88.0 Å². The first-order chi connectivity index (χ1) is 9.18. The third-order valence-corrected chi connectivity index (χ3v) is 2.86. The SMILES string of the molecule is O=C(O)c1ccncc1-n1c(=O)[nH]c2ccccc21. The molecule has 0 unspecified atom stereocenters. The molecule has 2 heterocycles. The third kappa shape index (κ3) is 1.70. The summed E-state index contributed by atoms with van der Waals surface area (Å²) in [5, 5.41) is 9.17. The van der Waals surface area contributed by atoms with Gasteiger partial charge in [-0.05, 0) is 18.2 Å². The number of aromatic nitrogens is 3. The molecular formula is C13H9N3O3. The Kier molecular flexibility index (Phi) is 2.42. The number of nitrogens with one attached hydrogen (secondary N) is 1. The molecule has 0 spiro atoms. The number of benzene rings is 1. The Morgan fingerprint density at radius 2 is 2.05 bits per heavy atom. The first kappa shape index (κ1) is 11.2. The van der Waals surface area contributed by atoms with Gasteiger partial charge in [-0.1, -0.05) is 12.1 Å². The Morgan fingerprint density at radius 1 is 1.26 bits per heavy atom. The van der Waals surface area contributed by atoms with Crippen LogP contribution in [0.2, 0.25) is 0 Å². The van der Waals surface area contributed by atoms with E-state index in [0.29, 0.717) is 11.0 Å². The summed E-state index contributed by atoms with van der Waals surface area (Å²) in [6.07, 6.45) is 2.75. The minimum absolute atomic E-state index is 0.0295. The van der Waals surface area contributed by atoms with Gasteiger partial charge in [-0.15, -0.1) is 0 Å². The summed E-state index contributed by atoms with van der Waals surface area (Å²) in [6.45, 7) is 0. The van der Waals surface area contributed by atoms with Crippen molar-refractivity contribution in [3.05, 3.63) is 58.8 Å². The summed E-state index contributed by atoms with van der Waals surface area (Å²) in [5.41, 5.74) is 1.15. The first-order valence-corrected chi connectivity index (χ1v) is 5.56. The van der Waals surface area contributed by atoms with Gasteiger partial charge < -0.3 is 10.1 Å². The number of carboxylic acids is 1. The fourth-order valence-corrected chi connectivity index (χ4v) is 2.04. The number of nitrogens with zero attached hydrogens (tertiary/aromatic N) is 2. The number of carbonyl (C=O) groups is 1. The predicted molar refractivity (Wildman–Crippen MR) is 68.7 cm³/mol. The van der Waals surface area contributed by atoms with Crippen molar-refractivity contribution in [2.45, 2.75) is 0 Å². The molecule has 1 aromatic carbocycles. The second-order valence-corrected chi connectivity index (χ2v) is 3.98. The maximum atomic E-state index is 12.0. The molecule has 0 amide bonds. The van der Waals surface area contributed by atoms with Gasteiger partial charge in [0.05, 0.1) is 28.5 Å². The smallest absolute Gasteiger partial charge is 0.337 e. The molecule has 0 aliphatic carbocycles. The van der Waals surface area contributed by atoms with Crippen LogP contribution in [0.25, 0.3) is 16.7 Å². The van der Waals surface area contributed by atoms with Gasteiger partial charge in [0.15, 0.2) is 0 Å². The molecule has 3 rings (SSSR count). The van der Waals surface area contributed by atoms with Crippen molar-refractivity contribution >= 4 is 17.0 Å². The number of hydrogen-bond donors (Lipinski definition) is 2. The Hall–Kier alpha value is -2.89. The number of aromatic carboxylic acids is 1. The van der Waals surface area contributed by atoms with Gasteiger partial charge in [-0.25, -0.2) is 9.59 Å². The summed E-state index contributed by atoms with van der Waals surface area (Å²) in [6, 6.07) is 8.44. The van der Waals surface area contributed by atoms with Gasteiger partial charge in [0.25, 0.3) is 0 Å². The molecule has 0 fully saturated rings. The summed E-state index contributed by atoms with van der Waals surface area (Å²) in [5.74, 6) is -1.10. The number of para-hydroxylation sites is 2. The quantitative estimate of drug-likeness (QED) is 0.724. The van der Waals surface area contributed by atoms with Gasteiger partial charge in [-0.2, -0.15) is 0 Å². The van der Waals surface area contributed by atoms with Crippen molar-refractivity contribution in [2.75, 3.05) is 0 Å². The Labute approximate surface area is 107 Å². The van der Waals surface area contributed by atoms with Gasteiger partial charge in [-0.3, -0.25) is 9.55 Å². The number of fused-ring (bicyclic) bond motifs is 1. The molecule has 0 saturated carbocycles. The number of hydrogen-bond acceptors (Lipinski definition) is 3. The summed E-state index contributed by atoms with van der Waals surface area (Å²) in [4.78, 5) is 29.8. The van der Waals surface area contributed by atoms with Crippen LogP contribution in [0.3, 0.4) is 0 Å². The van der Waals surface area contributed by atoms with E-state index < -0.39 is 11.7 Å². The van der Waals surface area contributed by atoms with Crippen LogP contribution >= 0.6 is 0 Å². The third-order valence-electron chi connectivity index (χ3n) is 2.86. The van der Waals surface area contributed by atoms with E-state index in [-0.39, 0.29) is 11.3 Å². The molecule has 0 aliphatic heterocycles. The van der Waals surface area contributed by atoms with Crippen LogP contribution in [-0.2, 0) is 0 Å². The number of rotatable bonds is 2. The van der Waals surface area contributed by atoms with Gasteiger partial charge in [0.2, 0.25) is 0 Å². The van der Waals surface area contributed by atoms with E-state index in [2.05, 4.69) is 9.97 Å². The minimum Gasteiger partial charge on any atom is -0.478 e. The van der Waals surface area contributed by atoms with Crippen LogP contribution in [0.4, 0.5) is 0 Å². The lowest BCUT2D eigenvalue weighted by Gasteiger charge is -2.06. The fourth-order valence-electron chi connectivity index (χ4n) is 2.04. The van der Waals surface area contributed by atoms with Crippen LogP contribution in [0, 0.1) is 0 Å². The molecule has 19 heavy (non-hydrogen) atoms. The number of carboxylic acid groups (broad SMARTS) is 1. The second-order valence-electron chi connectivity index (χ2n) is 3.98. The van der Waals surface area contributed by atoms with E-state index in [1.165, 1.54) is 23.0 Å². The van der Waals surface area contributed by atoms with Gasteiger partial charge >= 0.3 is 11.7 Å². The van der Waals surface area contributed by atoms with Gasteiger partial charge in [0, 0.05) is 6.20 Å². The molecular weight excluding hydrogens is 246 g/mol. The molecule has 3 aromatic rings. The number of H-pyrrole nitrogens is 1. The lowest BCUT2D eigenvalue weighted by atomic mass is 10.2. The summed E-state index contributed by atoms with van der Waals surface area (Å²) in [7, 11) is 0. The normalized spacial score (nSPS) is 10.7. The number of aromatic amines is 1. The Balaban J connectivity index is 2.40. The fraction of sp³-hybridized carbons (Fsp3) is 0. The highest BCUT2D eigenvalue weighted by atomic mass is 16.4. The molecule has 6 heteroatoms. The van der Waals surface area contributed by atoms with E-state index in [4.69, 9.17) is 0 Å². The molecule has 94 valence electrons. The zero-order chi connectivity index (χ0) is 13.4. The highest BCUT2D eigenvalue weighted by molar-refractivity contribution is 5.92. The average molecular weight is 255 g/mol. The molecule has 0 aliphatic rings. The minimum atomic E-state index is -1.10. The predicted octanol–water partition coefficient (Wildman–Crippen LogP) is 1.41. The highest BCUT2D eigenvalue weighted by Gasteiger charge is 2.15. The van der Waals surface area contributed by atoms with Crippen molar-refractivity contribution in [1.82, 2.24) is 14.5 Å². The zero-order valence-corrected chi connectivity index (χ0v) is 9.70. The molecule has 0 bridgehead atoms. The summed E-state index contributed by atoms with van der Waals surface area (Å²) >= 11 is 0. The van der Waals surface area contributed by atoms with Crippen LogP contribution < -0.4 is 5.69 Å². The largest absolute Gasteiger partial charge is 0.478 e. The standard InChI is InChI=1S/C13H9N3O3/c17-12(18)8-5-6-14-7-11(8)16-10-4-2-1-3-9(10)15-13(16)19/h1-7H,(H,15,19)(H,17,18). The van der Waals surface area contributed by atoms with Crippen molar-refractivity contribution in [3.8, 4) is 5.69 Å². The summed E-state index contributed by atoms with van der Waals surface area (Å²) < 4.78 is 1.31. The van der Waals surface area contributed by atoms with Crippen LogP contribution in [0.5, 0.6) is 0 Å². The average Bonchev–Trinajstić information content (AvgIpc) is 2.74. The highest BCUT2D eigenvalue weighted by Crippen LogP contribution is 2.17. The van der Waals surface area contributed by atoms with E-state index >= 15 is 0 Å². The van der Waals surface area contributed by atoms with Crippen molar-refractivity contribution in [2.24, 2.45) is 0 Å². The Morgan fingerprint density at radius 3 is 2.84 bits per heavy atom. The van der Waals surface area contributed by atoms with E-state index in [1.54, 1.807) is 24.3 Å². The molecule has 2 N–H and O–H groups in total. The molecule has 0 atom stereocenters. The number of imidazole rings is 1. The van der Waals surface area contributed by atoms with Crippen LogP contribution in [0.15, 0.2) is 47.5 Å². The van der Waals surface area contributed by atoms with Crippen LogP contribution in [-0.4, -0.2) is 25.6 Å². The number of pyridine rings is 1. The van der Waals surface area contributed by atoms with Crippen molar-refractivity contribution in [3.63, 3.8) is 0 Å². The molecule has 0 saturated heterocycles. The lowest BCUT2D eigenvalue weighted by molar-refractivity contribution is 0.0697. The van der Waals surface area contributed by atoms with Crippen LogP contribution in [0.1, 0.15) is 10.4 Å². The molecule has 0 radical (unpaired) electrons. The monoisotopic (exact) mass is 255 g/mol. The zero-order valence-electron chi connectivity index (χ0n) is 9.70. The second kappa shape index (κ2) is 4.09. The van der Waals surface area contributed by atoms with E-state index in [0.717, 1.165) is 0 Å². The van der Waals surface area contributed by atoms with E-state index in [1.807, 2.05) is 0 Å². The molecule has 2 aromatic heterocycles.